The first-order valence-electron chi connectivity index (χ1n) is 12.6. The molecule has 3 heterocycles. The molecule has 1 aromatic carbocycles. The molecule has 0 saturated heterocycles. The third kappa shape index (κ3) is 4.25. The van der Waals surface area contributed by atoms with Crippen LogP contribution in [0.25, 0.3) is 11.1 Å². The van der Waals surface area contributed by atoms with Gasteiger partial charge in [-0.2, -0.15) is 0 Å². The molecule has 1 aliphatic heterocycles. The molecule has 0 amide bonds. The summed E-state index contributed by atoms with van der Waals surface area (Å²) in [7, 11) is 0. The minimum Gasteiger partial charge on any atom is -0.343 e. The van der Waals surface area contributed by atoms with Gasteiger partial charge in [0.2, 0.25) is 0 Å². The monoisotopic (exact) mass is 483 g/mol. The van der Waals surface area contributed by atoms with Crippen molar-refractivity contribution in [2.24, 2.45) is 10.8 Å². The van der Waals surface area contributed by atoms with E-state index in [-0.39, 0.29) is 16.6 Å². The molecule has 1 atom stereocenters. The lowest BCUT2D eigenvalue weighted by Gasteiger charge is -2.44. The van der Waals surface area contributed by atoms with Crippen LogP contribution in [0.4, 0.5) is 10.2 Å². The second kappa shape index (κ2) is 8.36. The predicted molar refractivity (Wildman–Crippen MR) is 142 cm³/mol. The molecule has 5 heteroatoms. The molecule has 2 aromatic heterocycles. The van der Waals surface area contributed by atoms with E-state index in [0.717, 1.165) is 40.8 Å². The highest BCUT2D eigenvalue weighted by Crippen LogP contribution is 2.52. The lowest BCUT2D eigenvalue weighted by atomic mass is 9.61. The van der Waals surface area contributed by atoms with Crippen LogP contribution in [0.15, 0.2) is 66.3 Å². The van der Waals surface area contributed by atoms with E-state index >= 15 is 0 Å². The molecular formula is C31H34FN3O. The lowest BCUT2D eigenvalue weighted by Crippen LogP contribution is -2.42. The van der Waals surface area contributed by atoms with Crippen molar-refractivity contribution in [3.8, 4) is 11.1 Å². The molecule has 0 fully saturated rings. The van der Waals surface area contributed by atoms with Crippen molar-refractivity contribution in [3.05, 3.63) is 88.8 Å². The maximum Gasteiger partial charge on any atom is 0.162 e. The summed E-state index contributed by atoms with van der Waals surface area (Å²) in [6.07, 6.45) is 7.09. The summed E-state index contributed by atoms with van der Waals surface area (Å²) in [4.78, 5) is 22.5. The first-order valence-corrected chi connectivity index (χ1v) is 12.6. The van der Waals surface area contributed by atoms with E-state index in [4.69, 9.17) is 0 Å². The topological polar surface area (TPSA) is 54.9 Å². The van der Waals surface area contributed by atoms with Crippen LogP contribution < -0.4 is 5.32 Å². The van der Waals surface area contributed by atoms with Gasteiger partial charge in [-0.05, 0) is 71.0 Å². The number of anilines is 1. The Kier molecular flexibility index (Phi) is 5.66. The van der Waals surface area contributed by atoms with Gasteiger partial charge in [-0.15, -0.1) is 0 Å². The maximum atomic E-state index is 14.6. The zero-order chi connectivity index (χ0) is 25.9. The highest BCUT2D eigenvalue weighted by atomic mass is 19.1. The zero-order valence-electron chi connectivity index (χ0n) is 22.0. The molecule has 0 spiro atoms. The minimum atomic E-state index is -0.828. The molecule has 0 unspecified atom stereocenters. The normalized spacial score (nSPS) is 21.0. The van der Waals surface area contributed by atoms with Gasteiger partial charge in [0.1, 0.15) is 11.6 Å². The fourth-order valence-electron chi connectivity index (χ4n) is 5.92. The third-order valence-corrected chi connectivity index (χ3v) is 7.41. The van der Waals surface area contributed by atoms with E-state index in [0.29, 0.717) is 17.8 Å². The summed E-state index contributed by atoms with van der Waals surface area (Å²) in [5.74, 6) is 0.312. The van der Waals surface area contributed by atoms with Gasteiger partial charge < -0.3 is 5.32 Å². The van der Waals surface area contributed by atoms with Crippen molar-refractivity contribution in [3.63, 3.8) is 0 Å². The number of nitrogens with one attached hydrogen (secondary N) is 1. The highest BCUT2D eigenvalue weighted by Gasteiger charge is 2.48. The number of aromatic nitrogens is 2. The van der Waals surface area contributed by atoms with Crippen LogP contribution in [0.3, 0.4) is 0 Å². The van der Waals surface area contributed by atoms with Gasteiger partial charge >= 0.3 is 0 Å². The third-order valence-electron chi connectivity index (χ3n) is 7.41. The smallest absolute Gasteiger partial charge is 0.162 e. The van der Waals surface area contributed by atoms with Gasteiger partial charge in [-0.1, -0.05) is 52.8 Å². The summed E-state index contributed by atoms with van der Waals surface area (Å²) >= 11 is 0. The number of nitrogens with zero attached hydrogens (tertiary/aromatic N) is 2. The van der Waals surface area contributed by atoms with Gasteiger partial charge in [0.25, 0.3) is 0 Å². The van der Waals surface area contributed by atoms with Gasteiger partial charge in [-0.3, -0.25) is 9.78 Å². The number of benzene rings is 1. The fourth-order valence-corrected chi connectivity index (χ4v) is 5.92. The van der Waals surface area contributed by atoms with Crippen molar-refractivity contribution in [2.75, 3.05) is 5.32 Å². The average Bonchev–Trinajstić information content (AvgIpc) is 2.78. The largest absolute Gasteiger partial charge is 0.343 e. The Morgan fingerprint density at radius 1 is 1.06 bits per heavy atom. The van der Waals surface area contributed by atoms with Gasteiger partial charge in [-0.25, -0.2) is 9.37 Å². The molecule has 3 aromatic rings. The number of rotatable bonds is 3. The fraction of sp³-hybridized carbons (Fsp3) is 0.387. The highest BCUT2D eigenvalue weighted by molar-refractivity contribution is 6.02. The first-order chi connectivity index (χ1) is 16.9. The number of halogens is 1. The summed E-state index contributed by atoms with van der Waals surface area (Å²) in [5.41, 5.74) is 5.77. The van der Waals surface area contributed by atoms with Crippen molar-refractivity contribution >= 4 is 11.6 Å². The number of ketones is 1. The van der Waals surface area contributed by atoms with E-state index in [1.807, 2.05) is 31.5 Å². The number of carbonyl (C=O) groups is 1. The van der Waals surface area contributed by atoms with Gasteiger partial charge in [0, 0.05) is 35.6 Å². The van der Waals surface area contributed by atoms with Crippen LogP contribution in [0.5, 0.6) is 0 Å². The number of hydrogen-bond acceptors (Lipinski definition) is 4. The maximum absolute atomic E-state index is 14.6. The Bertz CT molecular complexity index is 1400. The van der Waals surface area contributed by atoms with Gasteiger partial charge in [0.05, 0.1) is 11.6 Å². The molecule has 0 saturated carbocycles. The molecule has 5 rings (SSSR count). The summed E-state index contributed by atoms with van der Waals surface area (Å²) < 4.78 is 14.6. The summed E-state index contributed by atoms with van der Waals surface area (Å²) in [5, 5.41) is 3.39. The second-order valence-corrected chi connectivity index (χ2v) is 12.4. The van der Waals surface area contributed by atoms with E-state index in [9.17, 15) is 9.18 Å². The number of allylic oxidation sites excluding steroid dienone is 2. The number of hydrogen-bond donors (Lipinski definition) is 1. The van der Waals surface area contributed by atoms with E-state index in [2.05, 4.69) is 68.1 Å². The molecular weight excluding hydrogens is 449 g/mol. The molecule has 186 valence electrons. The van der Waals surface area contributed by atoms with Crippen LogP contribution in [0.2, 0.25) is 0 Å². The molecule has 1 N–H and O–H groups in total. The predicted octanol–water partition coefficient (Wildman–Crippen LogP) is 7.25. The lowest BCUT2D eigenvalue weighted by molar-refractivity contribution is -0.118. The van der Waals surface area contributed by atoms with Crippen LogP contribution in [0, 0.1) is 16.6 Å². The summed E-state index contributed by atoms with van der Waals surface area (Å²) in [6, 6.07) is 11.9. The zero-order valence-corrected chi connectivity index (χ0v) is 22.0. The van der Waals surface area contributed by atoms with Crippen molar-refractivity contribution in [1.29, 1.82) is 0 Å². The van der Waals surface area contributed by atoms with Crippen LogP contribution in [0.1, 0.15) is 71.1 Å². The standard InChI is InChI=1S/C31H34FN3O/c1-29(2,3)14-20-17-33-11-10-23(20)19-8-7-9-21(12-19)31(6)24-13-22(32)18-34-28(24)35-25-15-30(4,5)16-26(36)27(25)31/h7-13,17-18H,14-16H2,1-6H3,(H,34,35)/t31-/m0/s1. The quantitative estimate of drug-likeness (QED) is 0.426. The van der Waals surface area contributed by atoms with Crippen LogP contribution in [-0.2, 0) is 16.6 Å². The molecule has 1 aliphatic carbocycles. The Labute approximate surface area is 213 Å². The number of Topliss-reactive ketones (excluding diaryl/α,β-unsaturated/α-hetero) is 1. The second-order valence-electron chi connectivity index (χ2n) is 12.4. The van der Waals surface area contributed by atoms with E-state index in [1.165, 1.54) is 17.8 Å². The van der Waals surface area contributed by atoms with Crippen molar-refractivity contribution in [1.82, 2.24) is 9.97 Å². The Hall–Kier alpha value is -3.34. The van der Waals surface area contributed by atoms with Crippen LogP contribution >= 0.6 is 0 Å². The Balaban J connectivity index is 1.72. The SMILES string of the molecule is CC(C)(C)Cc1cnccc1-c1cccc([C@]2(C)C3=C(CC(C)(C)CC3=O)Nc3ncc(F)cc32)c1. The Morgan fingerprint density at radius 3 is 2.58 bits per heavy atom. The number of carbonyl (C=O) groups excluding carboxylic acids is 1. The van der Waals surface area contributed by atoms with Crippen LogP contribution in [-0.4, -0.2) is 15.8 Å². The average molecular weight is 484 g/mol. The van der Waals surface area contributed by atoms with Crippen molar-refractivity contribution in [2.45, 2.75) is 66.2 Å². The number of fused-ring (bicyclic) bond motifs is 1. The number of pyridine rings is 2. The molecule has 4 nitrogen and oxygen atoms in total. The van der Waals surface area contributed by atoms with E-state index < -0.39 is 11.2 Å². The van der Waals surface area contributed by atoms with Gasteiger partial charge in [0.15, 0.2) is 5.78 Å². The molecule has 36 heavy (non-hydrogen) atoms. The van der Waals surface area contributed by atoms with E-state index in [1.54, 1.807) is 0 Å². The minimum absolute atomic E-state index is 0.105. The molecule has 0 radical (unpaired) electrons. The first kappa shape index (κ1) is 24.4. The molecule has 0 bridgehead atoms. The summed E-state index contributed by atoms with van der Waals surface area (Å²) in [6.45, 7) is 12.9. The Morgan fingerprint density at radius 2 is 1.83 bits per heavy atom. The molecule has 2 aliphatic rings. The van der Waals surface area contributed by atoms with Crippen molar-refractivity contribution < 1.29 is 9.18 Å².